The summed E-state index contributed by atoms with van der Waals surface area (Å²) in [6.45, 7) is 4.24. The van der Waals surface area contributed by atoms with Gasteiger partial charge in [-0.05, 0) is 55.5 Å². The number of aromatic hydroxyl groups is 2. The molecule has 0 heterocycles. The molecule has 0 spiro atoms. The topological polar surface area (TPSA) is 99.0 Å². The Morgan fingerprint density at radius 3 is 2.61 bits per heavy atom. The van der Waals surface area contributed by atoms with Gasteiger partial charge in [-0.3, -0.25) is 0 Å². The van der Waals surface area contributed by atoms with Gasteiger partial charge in [0.05, 0.1) is 11.1 Å². The van der Waals surface area contributed by atoms with Gasteiger partial charge in [-0.2, -0.15) is 0 Å². The molecule has 0 saturated heterocycles. The lowest BCUT2D eigenvalue weighted by molar-refractivity contribution is -0.114. The van der Waals surface area contributed by atoms with Crippen molar-refractivity contribution in [2.45, 2.75) is 51.4 Å². The number of carbonyl (C=O) groups excluding carboxylic acids is 1. The lowest BCUT2D eigenvalue weighted by Gasteiger charge is -2.39. The Hall–Kier alpha value is -2.15. The number of fused-ring (bicyclic) bond motifs is 2. The van der Waals surface area contributed by atoms with E-state index in [0.29, 0.717) is 35.0 Å². The molecule has 2 aromatic rings. The van der Waals surface area contributed by atoms with Gasteiger partial charge in [-0.25, -0.2) is 4.79 Å². The van der Waals surface area contributed by atoms with Crippen molar-refractivity contribution in [1.29, 1.82) is 0 Å². The van der Waals surface area contributed by atoms with E-state index in [4.69, 9.17) is 27.9 Å². The Balaban J connectivity index is 1.54. The van der Waals surface area contributed by atoms with Crippen LogP contribution in [0.15, 0.2) is 30.3 Å². The number of hydrogen-bond acceptors (Lipinski definition) is 6. The van der Waals surface area contributed by atoms with E-state index in [1.54, 1.807) is 12.1 Å². The molecule has 3 atom stereocenters. The summed E-state index contributed by atoms with van der Waals surface area (Å²) in [6.07, 6.45) is 1.39. The van der Waals surface area contributed by atoms with Gasteiger partial charge in [0, 0.05) is 28.2 Å². The van der Waals surface area contributed by atoms with Gasteiger partial charge < -0.3 is 25.4 Å². The highest BCUT2D eigenvalue weighted by atomic mass is 35.5. The first-order valence-corrected chi connectivity index (χ1v) is 11.0. The van der Waals surface area contributed by atoms with E-state index < -0.39 is 17.7 Å². The lowest BCUT2D eigenvalue weighted by atomic mass is 9.78. The predicted molar refractivity (Wildman–Crippen MR) is 119 cm³/mol. The van der Waals surface area contributed by atoms with Gasteiger partial charge in [-0.15, -0.1) is 0 Å². The second-order valence-corrected chi connectivity index (χ2v) is 9.81. The van der Waals surface area contributed by atoms with Gasteiger partial charge in [0.1, 0.15) is 22.7 Å². The van der Waals surface area contributed by atoms with Crippen LogP contribution < -0.4 is 5.32 Å². The first-order chi connectivity index (χ1) is 14.5. The Morgan fingerprint density at radius 2 is 1.97 bits per heavy atom. The Kier molecular flexibility index (Phi) is 5.53. The molecule has 0 radical (unpaired) electrons. The quantitative estimate of drug-likeness (QED) is 0.361. The molecular weight excluding hydrogens is 441 g/mol. The second kappa shape index (κ2) is 7.76. The molecular formula is C23H25Cl2NO5. The lowest BCUT2D eigenvalue weighted by Crippen LogP contribution is -2.49. The van der Waals surface area contributed by atoms with E-state index in [0.717, 1.165) is 6.42 Å². The summed E-state index contributed by atoms with van der Waals surface area (Å²) in [5, 5.41) is 34.6. The van der Waals surface area contributed by atoms with Crippen LogP contribution in [-0.2, 0) is 11.3 Å². The van der Waals surface area contributed by atoms with E-state index in [9.17, 15) is 20.1 Å². The third kappa shape index (κ3) is 3.60. The minimum atomic E-state index is -0.950. The fourth-order valence-electron chi connectivity index (χ4n) is 5.12. The summed E-state index contributed by atoms with van der Waals surface area (Å²) in [4.78, 5) is 13.0. The number of benzene rings is 2. The Labute approximate surface area is 190 Å². The number of carbonyl (C=O) groups is 1. The number of phenolic OH excluding ortho intramolecular Hbond substituents is 2. The Bertz CT molecular complexity index is 1040. The zero-order valence-corrected chi connectivity index (χ0v) is 18.8. The van der Waals surface area contributed by atoms with E-state index in [2.05, 4.69) is 5.32 Å². The maximum atomic E-state index is 13.0. The summed E-state index contributed by atoms with van der Waals surface area (Å²) in [5.41, 5.74) is -0.258. The molecule has 4 rings (SSSR count). The molecule has 0 aliphatic heterocycles. The SMILES string of the molecule is CC1(C)C2CCC1(OC(=O)c1cc(NCc3cc(Cl)cc(Cl)c3O)ccc1O)C(O)C2. The van der Waals surface area contributed by atoms with Crippen LogP contribution in [0.3, 0.4) is 0 Å². The molecule has 2 fully saturated rings. The third-order valence-electron chi connectivity index (χ3n) is 7.10. The number of nitrogens with one attached hydrogen (secondary N) is 1. The predicted octanol–water partition coefficient (Wildman–Crippen LogP) is 5.11. The monoisotopic (exact) mass is 465 g/mol. The van der Waals surface area contributed by atoms with Crippen molar-refractivity contribution in [3.8, 4) is 11.5 Å². The van der Waals surface area contributed by atoms with Gasteiger partial charge in [0.25, 0.3) is 0 Å². The van der Waals surface area contributed by atoms with E-state index >= 15 is 0 Å². The van der Waals surface area contributed by atoms with Crippen molar-refractivity contribution in [3.05, 3.63) is 51.5 Å². The van der Waals surface area contributed by atoms with Crippen molar-refractivity contribution in [2.75, 3.05) is 5.32 Å². The van der Waals surface area contributed by atoms with Crippen LogP contribution in [-0.4, -0.2) is 33.0 Å². The number of halogens is 2. The van der Waals surface area contributed by atoms with Gasteiger partial charge >= 0.3 is 5.97 Å². The molecule has 0 aromatic heterocycles. The van der Waals surface area contributed by atoms with Gasteiger partial charge in [-0.1, -0.05) is 37.0 Å². The summed E-state index contributed by atoms with van der Waals surface area (Å²) >= 11 is 12.0. The fourth-order valence-corrected chi connectivity index (χ4v) is 5.65. The summed E-state index contributed by atoms with van der Waals surface area (Å²) in [7, 11) is 0. The molecule has 6 nitrogen and oxygen atoms in total. The van der Waals surface area contributed by atoms with Crippen LogP contribution >= 0.6 is 23.2 Å². The molecule has 2 aliphatic rings. The molecule has 4 N–H and O–H groups in total. The van der Waals surface area contributed by atoms with Crippen LogP contribution in [0.5, 0.6) is 11.5 Å². The van der Waals surface area contributed by atoms with Crippen molar-refractivity contribution in [2.24, 2.45) is 11.3 Å². The van der Waals surface area contributed by atoms with Crippen LogP contribution in [0, 0.1) is 11.3 Å². The number of aliphatic hydroxyl groups excluding tert-OH is 1. The van der Waals surface area contributed by atoms with Gasteiger partial charge in [0.15, 0.2) is 0 Å². The molecule has 2 aliphatic carbocycles. The molecule has 8 heteroatoms. The van der Waals surface area contributed by atoms with E-state index in [-0.39, 0.29) is 34.0 Å². The highest BCUT2D eigenvalue weighted by molar-refractivity contribution is 6.35. The first kappa shape index (κ1) is 22.1. The number of esters is 1. The van der Waals surface area contributed by atoms with Crippen LogP contribution in [0.25, 0.3) is 0 Å². The summed E-state index contributed by atoms with van der Waals surface area (Å²) in [5.74, 6) is -0.664. The average Bonchev–Trinajstić information content (AvgIpc) is 3.05. The molecule has 166 valence electrons. The molecule has 0 amide bonds. The van der Waals surface area contributed by atoms with Gasteiger partial charge in [0.2, 0.25) is 0 Å². The molecule has 2 bridgehead atoms. The molecule has 31 heavy (non-hydrogen) atoms. The number of rotatable bonds is 5. The minimum absolute atomic E-state index is 0.00562. The van der Waals surface area contributed by atoms with Crippen LogP contribution in [0.4, 0.5) is 5.69 Å². The van der Waals surface area contributed by atoms with Crippen molar-refractivity contribution < 1.29 is 24.9 Å². The first-order valence-electron chi connectivity index (χ1n) is 10.2. The molecule has 2 aromatic carbocycles. The minimum Gasteiger partial charge on any atom is -0.507 e. The Morgan fingerprint density at radius 1 is 1.23 bits per heavy atom. The largest absolute Gasteiger partial charge is 0.507 e. The number of hydrogen-bond donors (Lipinski definition) is 4. The zero-order valence-electron chi connectivity index (χ0n) is 17.3. The second-order valence-electron chi connectivity index (χ2n) is 8.97. The van der Waals surface area contributed by atoms with E-state index in [1.807, 2.05) is 13.8 Å². The standard InChI is InChI=1S/C23H25Cl2NO5/c1-22(2)13-5-6-23(22,19(28)8-13)31-21(30)16-10-15(3-4-18(16)27)26-11-12-7-14(24)9-17(25)20(12)29/h3-4,7,9-10,13,19,26-29H,5-6,8,11H2,1-2H3. The van der Waals surface area contributed by atoms with Crippen molar-refractivity contribution >= 4 is 34.9 Å². The average molecular weight is 466 g/mol. The van der Waals surface area contributed by atoms with Crippen LogP contribution in [0.2, 0.25) is 10.0 Å². The van der Waals surface area contributed by atoms with Crippen molar-refractivity contribution in [3.63, 3.8) is 0 Å². The maximum Gasteiger partial charge on any atom is 0.342 e. The summed E-state index contributed by atoms with van der Waals surface area (Å²) in [6, 6.07) is 7.52. The smallest absolute Gasteiger partial charge is 0.342 e. The zero-order chi connectivity index (χ0) is 22.6. The number of aliphatic hydroxyl groups is 1. The molecule has 2 saturated carbocycles. The van der Waals surface area contributed by atoms with Crippen LogP contribution in [0.1, 0.15) is 49.0 Å². The van der Waals surface area contributed by atoms with E-state index in [1.165, 1.54) is 18.2 Å². The maximum absolute atomic E-state index is 13.0. The van der Waals surface area contributed by atoms with Crippen molar-refractivity contribution in [1.82, 2.24) is 0 Å². The highest BCUT2D eigenvalue weighted by Crippen LogP contribution is 2.62. The third-order valence-corrected chi connectivity index (χ3v) is 7.61. The number of anilines is 1. The molecule has 3 unspecified atom stereocenters. The summed E-state index contributed by atoms with van der Waals surface area (Å²) < 4.78 is 5.90. The number of ether oxygens (including phenoxy) is 1. The highest BCUT2D eigenvalue weighted by Gasteiger charge is 2.66. The fraction of sp³-hybridized carbons (Fsp3) is 0.435. The normalized spacial score (nSPS) is 26.1. The number of phenols is 2.